The zero-order chi connectivity index (χ0) is 13.3. The lowest BCUT2D eigenvalue weighted by Crippen LogP contribution is -2.28. The smallest absolute Gasteiger partial charge is 0.107 e. The minimum absolute atomic E-state index is 0.0658. The normalized spacial score (nSPS) is 11.5. The van der Waals surface area contributed by atoms with Crippen LogP contribution in [0.25, 0.3) is 10.9 Å². The van der Waals surface area contributed by atoms with Crippen LogP contribution in [0.5, 0.6) is 0 Å². The van der Waals surface area contributed by atoms with E-state index in [0.717, 1.165) is 22.2 Å². The number of thiocarbonyl (C=S) groups is 1. The van der Waals surface area contributed by atoms with E-state index in [-0.39, 0.29) is 5.54 Å². The van der Waals surface area contributed by atoms with E-state index < -0.39 is 0 Å². The number of pyridine rings is 1. The quantitative estimate of drug-likeness (QED) is 0.814. The fraction of sp³-hybridized carbons (Fsp3) is 0.286. The molecule has 0 saturated heterocycles. The SMILES string of the molecule is CC(C)(C)Nc1c(C(N)=S)cnc2ccccc12. The van der Waals surface area contributed by atoms with Gasteiger partial charge in [0, 0.05) is 17.1 Å². The largest absolute Gasteiger partial charge is 0.389 e. The average Bonchev–Trinajstić information content (AvgIpc) is 2.27. The molecule has 1 aromatic carbocycles. The van der Waals surface area contributed by atoms with Crippen molar-refractivity contribution in [2.24, 2.45) is 5.73 Å². The molecule has 0 aliphatic heterocycles. The highest BCUT2D eigenvalue weighted by atomic mass is 32.1. The van der Waals surface area contributed by atoms with E-state index in [9.17, 15) is 0 Å². The van der Waals surface area contributed by atoms with E-state index in [1.54, 1.807) is 6.20 Å². The maximum atomic E-state index is 5.78. The van der Waals surface area contributed by atoms with E-state index in [1.165, 1.54) is 0 Å². The van der Waals surface area contributed by atoms with Crippen LogP contribution in [-0.2, 0) is 0 Å². The molecule has 0 radical (unpaired) electrons. The van der Waals surface area contributed by atoms with E-state index in [1.807, 2.05) is 24.3 Å². The van der Waals surface area contributed by atoms with E-state index >= 15 is 0 Å². The number of hydrogen-bond acceptors (Lipinski definition) is 3. The molecule has 1 heterocycles. The molecule has 0 aliphatic carbocycles. The molecule has 0 aliphatic rings. The number of anilines is 1. The van der Waals surface area contributed by atoms with Gasteiger partial charge in [0.2, 0.25) is 0 Å². The summed E-state index contributed by atoms with van der Waals surface area (Å²) in [6.45, 7) is 6.31. The number of nitrogens with one attached hydrogen (secondary N) is 1. The summed E-state index contributed by atoms with van der Waals surface area (Å²) in [7, 11) is 0. The van der Waals surface area contributed by atoms with Crippen molar-refractivity contribution in [3.05, 3.63) is 36.0 Å². The number of aromatic nitrogens is 1. The van der Waals surface area contributed by atoms with Crippen molar-refractivity contribution >= 4 is 33.8 Å². The fourth-order valence-electron chi connectivity index (χ4n) is 1.84. The summed E-state index contributed by atoms with van der Waals surface area (Å²) in [6.07, 6.45) is 1.73. The average molecular weight is 259 g/mol. The second-order valence-corrected chi connectivity index (χ2v) is 5.74. The van der Waals surface area contributed by atoms with Gasteiger partial charge in [0.05, 0.1) is 16.8 Å². The molecule has 0 fully saturated rings. The van der Waals surface area contributed by atoms with Gasteiger partial charge in [0.15, 0.2) is 0 Å². The molecule has 0 saturated carbocycles. The monoisotopic (exact) mass is 259 g/mol. The minimum Gasteiger partial charge on any atom is -0.389 e. The maximum Gasteiger partial charge on any atom is 0.107 e. The zero-order valence-electron chi connectivity index (χ0n) is 10.8. The standard InChI is InChI=1S/C14H17N3S/c1-14(2,3)17-12-9-6-4-5-7-11(9)16-8-10(12)13(15)18/h4-8H,1-3H3,(H2,15,18)(H,16,17). The molecule has 1 aromatic heterocycles. The van der Waals surface area contributed by atoms with Gasteiger partial charge >= 0.3 is 0 Å². The lowest BCUT2D eigenvalue weighted by atomic mass is 10.0. The van der Waals surface area contributed by atoms with Gasteiger partial charge in [-0.1, -0.05) is 30.4 Å². The Balaban J connectivity index is 2.70. The Morgan fingerprint density at radius 3 is 2.56 bits per heavy atom. The van der Waals surface area contributed by atoms with Crippen LogP contribution in [-0.4, -0.2) is 15.5 Å². The summed E-state index contributed by atoms with van der Waals surface area (Å²) >= 11 is 5.10. The summed E-state index contributed by atoms with van der Waals surface area (Å²) < 4.78 is 0. The first-order valence-electron chi connectivity index (χ1n) is 5.84. The highest BCUT2D eigenvalue weighted by Crippen LogP contribution is 2.28. The van der Waals surface area contributed by atoms with Gasteiger partial charge in [-0.3, -0.25) is 4.98 Å². The molecule has 2 rings (SSSR count). The Labute approximate surface area is 112 Å². The summed E-state index contributed by atoms with van der Waals surface area (Å²) in [5, 5.41) is 4.51. The van der Waals surface area contributed by atoms with Crippen molar-refractivity contribution in [2.45, 2.75) is 26.3 Å². The molecule has 2 aromatic rings. The van der Waals surface area contributed by atoms with Crippen molar-refractivity contribution in [2.75, 3.05) is 5.32 Å². The van der Waals surface area contributed by atoms with Crippen molar-refractivity contribution in [1.29, 1.82) is 0 Å². The lowest BCUT2D eigenvalue weighted by Gasteiger charge is -2.25. The topological polar surface area (TPSA) is 50.9 Å². The molecule has 94 valence electrons. The summed E-state index contributed by atoms with van der Waals surface area (Å²) in [4.78, 5) is 4.75. The Morgan fingerprint density at radius 2 is 1.94 bits per heavy atom. The first-order chi connectivity index (χ1) is 8.38. The van der Waals surface area contributed by atoms with Gasteiger partial charge in [0.1, 0.15) is 4.99 Å². The Hall–Kier alpha value is -1.68. The number of para-hydroxylation sites is 1. The predicted octanol–water partition coefficient (Wildman–Crippen LogP) is 3.08. The molecule has 3 N–H and O–H groups in total. The third kappa shape index (κ3) is 2.59. The molecule has 0 unspecified atom stereocenters. The molecule has 3 nitrogen and oxygen atoms in total. The summed E-state index contributed by atoms with van der Waals surface area (Å²) in [6, 6.07) is 7.96. The van der Waals surface area contributed by atoms with E-state index in [0.29, 0.717) is 4.99 Å². The Morgan fingerprint density at radius 1 is 1.28 bits per heavy atom. The van der Waals surface area contributed by atoms with Gasteiger partial charge in [0.25, 0.3) is 0 Å². The molecule has 0 spiro atoms. The number of nitrogens with zero attached hydrogens (tertiary/aromatic N) is 1. The molecular weight excluding hydrogens is 242 g/mol. The van der Waals surface area contributed by atoms with Crippen molar-refractivity contribution in [1.82, 2.24) is 4.98 Å². The van der Waals surface area contributed by atoms with Gasteiger partial charge in [-0.15, -0.1) is 0 Å². The molecular formula is C14H17N3S. The van der Waals surface area contributed by atoms with Crippen LogP contribution in [0, 0.1) is 0 Å². The molecule has 0 bridgehead atoms. The summed E-state index contributed by atoms with van der Waals surface area (Å²) in [5.41, 5.74) is 8.39. The first-order valence-corrected chi connectivity index (χ1v) is 6.25. The van der Waals surface area contributed by atoms with Crippen LogP contribution in [0.3, 0.4) is 0 Å². The second kappa shape index (κ2) is 4.53. The van der Waals surface area contributed by atoms with Crippen LogP contribution in [0.4, 0.5) is 5.69 Å². The number of nitrogens with two attached hydrogens (primary N) is 1. The Bertz CT molecular complexity index is 600. The predicted molar refractivity (Wildman–Crippen MR) is 81.0 cm³/mol. The van der Waals surface area contributed by atoms with E-state index in [2.05, 4.69) is 31.1 Å². The second-order valence-electron chi connectivity index (χ2n) is 5.30. The van der Waals surface area contributed by atoms with Crippen molar-refractivity contribution < 1.29 is 0 Å². The zero-order valence-corrected chi connectivity index (χ0v) is 11.6. The van der Waals surface area contributed by atoms with Gasteiger partial charge in [-0.2, -0.15) is 0 Å². The Kier molecular flexibility index (Phi) is 3.22. The number of hydrogen-bond donors (Lipinski definition) is 2. The number of benzene rings is 1. The third-order valence-corrected chi connectivity index (χ3v) is 2.76. The lowest BCUT2D eigenvalue weighted by molar-refractivity contribution is 0.635. The number of fused-ring (bicyclic) bond motifs is 1. The summed E-state index contributed by atoms with van der Waals surface area (Å²) in [5.74, 6) is 0. The van der Waals surface area contributed by atoms with Crippen LogP contribution in [0.2, 0.25) is 0 Å². The number of rotatable bonds is 2. The molecule has 18 heavy (non-hydrogen) atoms. The highest BCUT2D eigenvalue weighted by molar-refractivity contribution is 7.80. The fourth-order valence-corrected chi connectivity index (χ4v) is 1.99. The van der Waals surface area contributed by atoms with Gasteiger partial charge in [-0.25, -0.2) is 0 Å². The highest BCUT2D eigenvalue weighted by Gasteiger charge is 2.16. The van der Waals surface area contributed by atoms with Gasteiger partial charge in [-0.05, 0) is 26.8 Å². The van der Waals surface area contributed by atoms with Crippen molar-refractivity contribution in [3.8, 4) is 0 Å². The van der Waals surface area contributed by atoms with Crippen LogP contribution in [0.1, 0.15) is 26.3 Å². The first kappa shape index (κ1) is 12.8. The third-order valence-electron chi connectivity index (χ3n) is 2.54. The van der Waals surface area contributed by atoms with Gasteiger partial charge < -0.3 is 11.1 Å². The van der Waals surface area contributed by atoms with Crippen LogP contribution >= 0.6 is 12.2 Å². The van der Waals surface area contributed by atoms with Crippen molar-refractivity contribution in [3.63, 3.8) is 0 Å². The maximum absolute atomic E-state index is 5.78. The molecule has 0 amide bonds. The van der Waals surface area contributed by atoms with Crippen LogP contribution < -0.4 is 11.1 Å². The van der Waals surface area contributed by atoms with Crippen LogP contribution in [0.15, 0.2) is 30.5 Å². The molecule has 0 atom stereocenters. The minimum atomic E-state index is -0.0658. The van der Waals surface area contributed by atoms with E-state index in [4.69, 9.17) is 18.0 Å². The molecule has 4 heteroatoms.